The number of hydrogen-bond acceptors (Lipinski definition) is 7. The van der Waals surface area contributed by atoms with Crippen LogP contribution >= 0.6 is 11.3 Å². The van der Waals surface area contributed by atoms with E-state index in [4.69, 9.17) is 0 Å². The van der Waals surface area contributed by atoms with Gasteiger partial charge < -0.3 is 19.9 Å². The Morgan fingerprint density at radius 2 is 2.00 bits per heavy atom. The first-order valence-electron chi connectivity index (χ1n) is 12.9. The van der Waals surface area contributed by atoms with Gasteiger partial charge in [0.05, 0.1) is 5.52 Å². The number of halogens is 3. The minimum absolute atomic E-state index is 0.0415. The molecule has 1 amide bonds. The molecule has 214 valence electrons. The molecular formula is C28H26F3N5O4S. The van der Waals surface area contributed by atoms with Gasteiger partial charge in [0.1, 0.15) is 16.4 Å². The van der Waals surface area contributed by atoms with Crippen LogP contribution in [0.15, 0.2) is 46.8 Å². The summed E-state index contributed by atoms with van der Waals surface area (Å²) in [5, 5.41) is 13.4. The van der Waals surface area contributed by atoms with Crippen molar-refractivity contribution in [3.8, 4) is 21.7 Å². The minimum Gasteiger partial charge on any atom is -0.477 e. The first-order valence-corrected chi connectivity index (χ1v) is 13.8. The number of pyridine rings is 2. The number of carboxylic acids is 1. The molecule has 9 nitrogen and oxygen atoms in total. The molecule has 1 atom stereocenters. The molecule has 1 unspecified atom stereocenters. The van der Waals surface area contributed by atoms with Gasteiger partial charge in [0.15, 0.2) is 5.69 Å². The number of likely N-dealkylation sites (tertiary alicyclic amines) is 1. The fourth-order valence-corrected chi connectivity index (χ4v) is 5.99. The number of aromatic carboxylic acids is 1. The van der Waals surface area contributed by atoms with Gasteiger partial charge >= 0.3 is 12.1 Å². The number of fused-ring (bicyclic) bond motifs is 1. The molecule has 1 aliphatic rings. The zero-order chi connectivity index (χ0) is 29.5. The van der Waals surface area contributed by atoms with Crippen LogP contribution < -0.4 is 10.7 Å². The van der Waals surface area contributed by atoms with Gasteiger partial charge in [-0.05, 0) is 49.2 Å². The highest BCUT2D eigenvalue weighted by atomic mass is 32.1. The molecule has 3 aromatic heterocycles. The van der Waals surface area contributed by atoms with Crippen molar-refractivity contribution in [3.63, 3.8) is 0 Å². The van der Waals surface area contributed by atoms with Gasteiger partial charge in [-0.15, -0.1) is 11.3 Å². The molecule has 0 aliphatic carbocycles. The number of anilines is 1. The molecule has 0 radical (unpaired) electrons. The average molecular weight is 586 g/mol. The fourth-order valence-electron chi connectivity index (χ4n) is 5.13. The summed E-state index contributed by atoms with van der Waals surface area (Å²) >= 11 is 0.782. The summed E-state index contributed by atoms with van der Waals surface area (Å²) in [6.07, 6.45) is -0.929. The number of nitrogens with zero attached hydrogens (tertiary/aromatic N) is 4. The van der Waals surface area contributed by atoms with Crippen LogP contribution in [0.4, 0.5) is 19.0 Å². The van der Waals surface area contributed by atoms with Gasteiger partial charge in [-0.1, -0.05) is 13.0 Å². The normalized spacial score (nSPS) is 15.9. The van der Waals surface area contributed by atoms with Crippen molar-refractivity contribution >= 4 is 39.9 Å². The number of hydrogen-bond donors (Lipinski definition) is 2. The van der Waals surface area contributed by atoms with Crippen molar-refractivity contribution in [2.75, 3.05) is 25.0 Å². The smallest absolute Gasteiger partial charge is 0.434 e. The Morgan fingerprint density at radius 1 is 1.22 bits per heavy atom. The molecule has 4 heterocycles. The number of thiazole rings is 1. The van der Waals surface area contributed by atoms with Crippen molar-refractivity contribution in [1.82, 2.24) is 19.4 Å². The van der Waals surface area contributed by atoms with E-state index in [1.807, 2.05) is 0 Å². The van der Waals surface area contributed by atoms with Crippen molar-refractivity contribution in [2.45, 2.75) is 33.0 Å². The second-order valence-corrected chi connectivity index (χ2v) is 10.8. The molecule has 13 heteroatoms. The van der Waals surface area contributed by atoms with E-state index in [0.29, 0.717) is 23.2 Å². The van der Waals surface area contributed by atoms with Crippen molar-refractivity contribution in [3.05, 3.63) is 63.5 Å². The third kappa shape index (κ3) is 5.86. The second kappa shape index (κ2) is 11.1. The lowest BCUT2D eigenvalue weighted by molar-refractivity contribution is -0.140. The van der Waals surface area contributed by atoms with Crippen molar-refractivity contribution < 1.29 is 27.9 Å². The summed E-state index contributed by atoms with van der Waals surface area (Å²) in [5.41, 5.74) is -0.463. The van der Waals surface area contributed by atoms with E-state index in [1.54, 1.807) is 16.7 Å². The lowest BCUT2D eigenvalue weighted by atomic mass is 9.99. The Hall–Kier alpha value is -4.10. The van der Waals surface area contributed by atoms with Gasteiger partial charge in [-0.2, -0.15) is 13.2 Å². The standard InChI is InChI=1S/C28H26F3N5O4S/c1-3-35-7-6-16(11-35)12-36-13-21(27(39)40)25(38)19-8-17(4-5-22(19)36)20-10-32-24(33-15(2)37)9-18(20)26-34-23(14-41-26)28(29,30)31/h4-5,8-10,13-14,16H,3,6-7,11-12H2,1-2H3,(H,39,40)(H,32,33,37). The lowest BCUT2D eigenvalue weighted by Gasteiger charge is -2.18. The molecule has 1 aromatic carbocycles. The molecule has 5 rings (SSSR count). The van der Waals surface area contributed by atoms with Crippen LogP contribution in [0.25, 0.3) is 32.6 Å². The Morgan fingerprint density at radius 3 is 2.63 bits per heavy atom. The van der Waals surface area contributed by atoms with Gasteiger partial charge in [0, 0.05) is 54.3 Å². The summed E-state index contributed by atoms with van der Waals surface area (Å²) in [6.45, 7) is 6.64. The van der Waals surface area contributed by atoms with Crippen LogP contribution in [0.1, 0.15) is 36.3 Å². The molecule has 41 heavy (non-hydrogen) atoms. The van der Waals surface area contributed by atoms with Gasteiger partial charge in [0.2, 0.25) is 11.3 Å². The highest BCUT2D eigenvalue weighted by molar-refractivity contribution is 7.13. The van der Waals surface area contributed by atoms with E-state index < -0.39 is 29.2 Å². The van der Waals surface area contributed by atoms with Crippen LogP contribution in [0.3, 0.4) is 0 Å². The fraction of sp³-hybridized carbons (Fsp3) is 0.321. The predicted octanol–water partition coefficient (Wildman–Crippen LogP) is 5.20. The maximum atomic E-state index is 13.3. The van der Waals surface area contributed by atoms with E-state index >= 15 is 0 Å². The highest BCUT2D eigenvalue weighted by Gasteiger charge is 2.34. The maximum absolute atomic E-state index is 13.3. The Balaban J connectivity index is 1.65. The summed E-state index contributed by atoms with van der Waals surface area (Å²) in [4.78, 5) is 47.2. The number of benzene rings is 1. The zero-order valence-corrected chi connectivity index (χ0v) is 23.0. The third-order valence-electron chi connectivity index (χ3n) is 7.13. The second-order valence-electron chi connectivity index (χ2n) is 9.94. The van der Waals surface area contributed by atoms with Crippen LogP contribution in [-0.2, 0) is 17.5 Å². The molecule has 1 saturated heterocycles. The quantitative estimate of drug-likeness (QED) is 0.306. The number of carbonyl (C=O) groups is 2. The number of nitrogens with one attached hydrogen (secondary N) is 1. The third-order valence-corrected chi connectivity index (χ3v) is 8.00. The van der Waals surface area contributed by atoms with E-state index in [2.05, 4.69) is 27.1 Å². The number of carboxylic acid groups (broad SMARTS) is 1. The topological polar surface area (TPSA) is 117 Å². The summed E-state index contributed by atoms with van der Waals surface area (Å²) in [6, 6.07) is 6.37. The Kier molecular flexibility index (Phi) is 7.66. The number of amides is 1. The van der Waals surface area contributed by atoms with Gasteiger partial charge in [-0.3, -0.25) is 9.59 Å². The lowest BCUT2D eigenvalue weighted by Crippen LogP contribution is -2.23. The van der Waals surface area contributed by atoms with Crippen molar-refractivity contribution in [1.29, 1.82) is 0 Å². The number of alkyl halides is 3. The molecule has 0 spiro atoms. The van der Waals surface area contributed by atoms with Gasteiger partial charge in [0.25, 0.3) is 0 Å². The van der Waals surface area contributed by atoms with E-state index in [1.165, 1.54) is 31.5 Å². The Labute approximate surface area is 236 Å². The highest BCUT2D eigenvalue weighted by Crippen LogP contribution is 2.39. The van der Waals surface area contributed by atoms with E-state index in [0.717, 1.165) is 42.8 Å². The zero-order valence-electron chi connectivity index (χ0n) is 22.2. The number of aromatic nitrogens is 3. The molecule has 1 fully saturated rings. The first-order chi connectivity index (χ1) is 19.4. The molecular weight excluding hydrogens is 559 g/mol. The molecule has 2 N–H and O–H groups in total. The average Bonchev–Trinajstić information content (AvgIpc) is 3.59. The monoisotopic (exact) mass is 585 g/mol. The molecule has 0 saturated carbocycles. The first kappa shape index (κ1) is 28.4. The minimum atomic E-state index is -4.64. The largest absolute Gasteiger partial charge is 0.477 e. The number of rotatable bonds is 7. The Bertz CT molecular complexity index is 1720. The van der Waals surface area contributed by atoms with Crippen LogP contribution in [0.2, 0.25) is 0 Å². The van der Waals surface area contributed by atoms with Crippen molar-refractivity contribution in [2.24, 2.45) is 5.92 Å². The van der Waals surface area contributed by atoms with Crippen LogP contribution in [-0.4, -0.2) is 56.1 Å². The summed E-state index contributed by atoms with van der Waals surface area (Å²) in [7, 11) is 0. The maximum Gasteiger partial charge on any atom is 0.434 e. The van der Waals surface area contributed by atoms with Crippen LogP contribution in [0.5, 0.6) is 0 Å². The van der Waals surface area contributed by atoms with Crippen LogP contribution in [0, 0.1) is 5.92 Å². The number of carbonyl (C=O) groups excluding carboxylic acids is 1. The van der Waals surface area contributed by atoms with E-state index in [-0.39, 0.29) is 33.3 Å². The molecule has 1 aliphatic heterocycles. The van der Waals surface area contributed by atoms with Gasteiger partial charge in [-0.25, -0.2) is 14.8 Å². The molecule has 0 bridgehead atoms. The van der Waals surface area contributed by atoms with E-state index in [9.17, 15) is 32.7 Å². The summed E-state index contributed by atoms with van der Waals surface area (Å²) < 4.78 is 41.8. The summed E-state index contributed by atoms with van der Waals surface area (Å²) in [5.74, 6) is -1.36. The predicted molar refractivity (Wildman–Crippen MR) is 149 cm³/mol. The molecule has 4 aromatic rings. The SMILES string of the molecule is CCN1CCC(Cn2cc(C(=O)O)c(=O)c3cc(-c4cnc(NC(C)=O)cc4-c4nc(C(F)(F)F)cs4)ccc32)C1.